The molecule has 1 atom stereocenters. The monoisotopic (exact) mass is 198 g/mol. The first-order valence-corrected chi connectivity index (χ1v) is 5.92. The summed E-state index contributed by atoms with van der Waals surface area (Å²) in [7, 11) is 2.22. The predicted octanol–water partition coefficient (Wildman–Crippen LogP) is 2.75. The van der Waals surface area contributed by atoms with Crippen LogP contribution < -0.4 is 0 Å². The van der Waals surface area contributed by atoms with Crippen molar-refractivity contribution in [3.8, 4) is 0 Å². The quantitative estimate of drug-likeness (QED) is 0.688. The molecule has 1 heterocycles. The first kappa shape index (κ1) is 12.0. The van der Waals surface area contributed by atoms with Gasteiger partial charge in [0.15, 0.2) is 0 Å². The summed E-state index contributed by atoms with van der Waals surface area (Å²) >= 11 is 0. The van der Waals surface area contributed by atoms with E-state index in [0.717, 1.165) is 6.04 Å². The van der Waals surface area contributed by atoms with Gasteiger partial charge in [-0.05, 0) is 24.7 Å². The zero-order valence-electron chi connectivity index (χ0n) is 10.5. The molecule has 0 aliphatic carbocycles. The Morgan fingerprint density at radius 3 is 2.43 bits per heavy atom. The maximum absolute atomic E-state index is 2.56. The third kappa shape index (κ3) is 3.25. The molecule has 2 heteroatoms. The Balaban J connectivity index is 2.51. The van der Waals surface area contributed by atoms with Gasteiger partial charge in [0, 0.05) is 26.2 Å². The van der Waals surface area contributed by atoms with Gasteiger partial charge < -0.3 is 0 Å². The fourth-order valence-corrected chi connectivity index (χ4v) is 2.39. The van der Waals surface area contributed by atoms with Crippen LogP contribution in [0.4, 0.5) is 0 Å². The summed E-state index contributed by atoms with van der Waals surface area (Å²) in [6, 6.07) is 0.778. The third-order valence-electron chi connectivity index (χ3n) is 2.95. The summed E-state index contributed by atoms with van der Waals surface area (Å²) in [5, 5.41) is 4.96. The molecule has 0 saturated carbocycles. The molecule has 0 bridgehead atoms. The van der Waals surface area contributed by atoms with E-state index in [1.54, 1.807) is 0 Å². The second-order valence-electron chi connectivity index (χ2n) is 5.75. The largest absolute Gasteiger partial charge is 0.245 e. The summed E-state index contributed by atoms with van der Waals surface area (Å²) < 4.78 is 0. The van der Waals surface area contributed by atoms with Crippen molar-refractivity contribution in [1.29, 1.82) is 0 Å². The van der Waals surface area contributed by atoms with Crippen LogP contribution >= 0.6 is 0 Å². The highest BCUT2D eigenvalue weighted by Gasteiger charge is 2.31. The molecule has 0 aromatic carbocycles. The van der Waals surface area contributed by atoms with E-state index in [1.807, 2.05) is 0 Å². The lowest BCUT2D eigenvalue weighted by atomic mass is 9.87. The molecule has 1 unspecified atom stereocenters. The van der Waals surface area contributed by atoms with Crippen molar-refractivity contribution < 1.29 is 0 Å². The predicted molar refractivity (Wildman–Crippen MR) is 62.1 cm³/mol. The van der Waals surface area contributed by atoms with Crippen LogP contribution in [-0.4, -0.2) is 36.2 Å². The topological polar surface area (TPSA) is 6.48 Å². The van der Waals surface area contributed by atoms with Crippen molar-refractivity contribution in [3.05, 3.63) is 0 Å². The number of rotatable bonds is 3. The highest BCUT2D eigenvalue weighted by molar-refractivity contribution is 4.81. The van der Waals surface area contributed by atoms with Crippen molar-refractivity contribution >= 4 is 0 Å². The van der Waals surface area contributed by atoms with Gasteiger partial charge in [-0.3, -0.25) is 0 Å². The molecule has 84 valence electrons. The SMILES string of the molecule is CCCN1C(CC(C)(C)C)CCN1C. The molecule has 1 aliphatic heterocycles. The van der Waals surface area contributed by atoms with Crippen molar-refractivity contribution in [2.75, 3.05) is 20.1 Å². The van der Waals surface area contributed by atoms with Crippen LogP contribution in [0.2, 0.25) is 0 Å². The maximum atomic E-state index is 2.56. The van der Waals surface area contributed by atoms with E-state index < -0.39 is 0 Å². The zero-order valence-corrected chi connectivity index (χ0v) is 10.5. The molecule has 0 spiro atoms. The Labute approximate surface area is 89.2 Å². The Morgan fingerprint density at radius 1 is 1.29 bits per heavy atom. The van der Waals surface area contributed by atoms with Crippen molar-refractivity contribution in [2.45, 2.75) is 53.0 Å². The lowest BCUT2D eigenvalue weighted by molar-refractivity contribution is 0.00915. The second-order valence-corrected chi connectivity index (χ2v) is 5.75. The van der Waals surface area contributed by atoms with Crippen LogP contribution in [0, 0.1) is 5.41 Å². The van der Waals surface area contributed by atoms with Crippen LogP contribution in [0.5, 0.6) is 0 Å². The summed E-state index contributed by atoms with van der Waals surface area (Å²) in [4.78, 5) is 0. The Kier molecular flexibility index (Phi) is 3.96. The molecule has 0 N–H and O–H groups in total. The van der Waals surface area contributed by atoms with Gasteiger partial charge in [0.05, 0.1) is 0 Å². The van der Waals surface area contributed by atoms with Crippen LogP contribution in [0.25, 0.3) is 0 Å². The highest BCUT2D eigenvalue weighted by atomic mass is 15.6. The van der Waals surface area contributed by atoms with E-state index in [2.05, 4.69) is 44.8 Å². The van der Waals surface area contributed by atoms with Gasteiger partial charge in [0.1, 0.15) is 0 Å². The molecular formula is C12H26N2. The van der Waals surface area contributed by atoms with Gasteiger partial charge in [0.2, 0.25) is 0 Å². The summed E-state index contributed by atoms with van der Waals surface area (Å²) in [6.07, 6.45) is 3.91. The van der Waals surface area contributed by atoms with Crippen LogP contribution in [-0.2, 0) is 0 Å². The van der Waals surface area contributed by atoms with Crippen molar-refractivity contribution in [3.63, 3.8) is 0 Å². The molecule has 0 aromatic rings. The minimum absolute atomic E-state index is 0.460. The molecule has 0 radical (unpaired) electrons. The lowest BCUT2D eigenvalue weighted by Gasteiger charge is -2.33. The molecule has 1 fully saturated rings. The summed E-state index contributed by atoms with van der Waals surface area (Å²) in [5.74, 6) is 0. The van der Waals surface area contributed by atoms with Gasteiger partial charge in [-0.15, -0.1) is 0 Å². The molecule has 1 rings (SSSR count). The fraction of sp³-hybridized carbons (Fsp3) is 1.00. The molecule has 14 heavy (non-hydrogen) atoms. The van der Waals surface area contributed by atoms with Crippen LogP contribution in [0.1, 0.15) is 47.0 Å². The highest BCUT2D eigenvalue weighted by Crippen LogP contribution is 2.29. The number of hydrogen-bond acceptors (Lipinski definition) is 2. The molecule has 0 amide bonds. The van der Waals surface area contributed by atoms with Crippen molar-refractivity contribution in [2.24, 2.45) is 5.41 Å². The number of hydrogen-bond donors (Lipinski definition) is 0. The molecule has 2 nitrogen and oxygen atoms in total. The van der Waals surface area contributed by atoms with E-state index in [-0.39, 0.29) is 0 Å². The standard InChI is InChI=1S/C12H26N2/c1-6-8-14-11(7-9-13(14)5)10-12(2,3)4/h11H,6-10H2,1-5H3. The third-order valence-corrected chi connectivity index (χ3v) is 2.95. The van der Waals surface area contributed by atoms with Gasteiger partial charge >= 0.3 is 0 Å². The van der Waals surface area contributed by atoms with Crippen LogP contribution in [0.15, 0.2) is 0 Å². The second kappa shape index (κ2) is 4.63. The number of hydrazine groups is 1. The first-order chi connectivity index (χ1) is 6.44. The molecule has 1 saturated heterocycles. The molecule has 1 aliphatic rings. The Morgan fingerprint density at radius 2 is 1.93 bits per heavy atom. The smallest absolute Gasteiger partial charge is 0.0263 e. The summed E-state index contributed by atoms with van der Waals surface area (Å²) in [6.45, 7) is 11.7. The van der Waals surface area contributed by atoms with Gasteiger partial charge in [-0.1, -0.05) is 27.7 Å². The lowest BCUT2D eigenvalue weighted by Crippen LogP contribution is -2.40. The molecule has 0 aromatic heterocycles. The minimum Gasteiger partial charge on any atom is -0.245 e. The average Bonchev–Trinajstić information content (AvgIpc) is 2.33. The van der Waals surface area contributed by atoms with E-state index in [9.17, 15) is 0 Å². The number of nitrogens with zero attached hydrogens (tertiary/aromatic N) is 2. The van der Waals surface area contributed by atoms with Crippen molar-refractivity contribution in [1.82, 2.24) is 10.0 Å². The van der Waals surface area contributed by atoms with E-state index in [4.69, 9.17) is 0 Å². The van der Waals surface area contributed by atoms with E-state index in [0.29, 0.717) is 5.41 Å². The van der Waals surface area contributed by atoms with Crippen LogP contribution in [0.3, 0.4) is 0 Å². The van der Waals surface area contributed by atoms with E-state index in [1.165, 1.54) is 32.4 Å². The Bertz CT molecular complexity index is 172. The zero-order chi connectivity index (χ0) is 10.8. The van der Waals surface area contributed by atoms with Gasteiger partial charge in [-0.25, -0.2) is 10.0 Å². The Hall–Kier alpha value is -0.0800. The molecular weight excluding hydrogens is 172 g/mol. The fourth-order valence-electron chi connectivity index (χ4n) is 2.39. The van der Waals surface area contributed by atoms with Gasteiger partial charge in [0.25, 0.3) is 0 Å². The van der Waals surface area contributed by atoms with E-state index >= 15 is 0 Å². The average molecular weight is 198 g/mol. The summed E-state index contributed by atoms with van der Waals surface area (Å²) in [5.41, 5.74) is 0.460. The maximum Gasteiger partial charge on any atom is 0.0263 e. The van der Waals surface area contributed by atoms with Gasteiger partial charge in [-0.2, -0.15) is 0 Å². The normalized spacial score (nSPS) is 25.9. The minimum atomic E-state index is 0.460. The first-order valence-electron chi connectivity index (χ1n) is 5.92.